The summed E-state index contributed by atoms with van der Waals surface area (Å²) >= 11 is 0. The first kappa shape index (κ1) is 25.3. The van der Waals surface area contributed by atoms with Gasteiger partial charge in [0, 0.05) is 11.1 Å². The van der Waals surface area contributed by atoms with E-state index in [2.05, 4.69) is 59.9 Å². The third kappa shape index (κ3) is 6.52. The van der Waals surface area contributed by atoms with Crippen LogP contribution in [-0.4, -0.2) is 13.2 Å². The van der Waals surface area contributed by atoms with Gasteiger partial charge in [-0.3, -0.25) is 0 Å². The van der Waals surface area contributed by atoms with Crippen LogP contribution in [0.15, 0.2) is 62.1 Å². The van der Waals surface area contributed by atoms with Crippen LogP contribution in [0.4, 0.5) is 4.39 Å². The highest BCUT2D eigenvalue weighted by molar-refractivity contribution is 5.42. The molecule has 0 unspecified atom stereocenters. The Hall–Kier alpha value is -2.95. The van der Waals surface area contributed by atoms with Crippen LogP contribution >= 0.6 is 0 Å². The Balaban J connectivity index is 2.03. The smallest absolute Gasteiger partial charge is 0.132 e. The van der Waals surface area contributed by atoms with E-state index in [4.69, 9.17) is 18.9 Å². The van der Waals surface area contributed by atoms with Crippen LogP contribution < -0.4 is 9.47 Å². The van der Waals surface area contributed by atoms with E-state index >= 15 is 0 Å². The summed E-state index contributed by atoms with van der Waals surface area (Å²) in [7, 11) is 0. The molecule has 0 saturated carbocycles. The number of hydrogen-bond acceptors (Lipinski definition) is 4. The van der Waals surface area contributed by atoms with E-state index < -0.39 is 5.82 Å². The minimum absolute atomic E-state index is 0.0328. The van der Waals surface area contributed by atoms with Crippen LogP contribution in [0.5, 0.6) is 11.5 Å². The number of ether oxygens (including phenoxy) is 4. The number of rotatable bonds is 12. The minimum Gasteiger partial charge on any atom is -0.497 e. The van der Waals surface area contributed by atoms with E-state index in [9.17, 15) is 4.39 Å². The second-order valence-electron chi connectivity index (χ2n) is 9.10. The van der Waals surface area contributed by atoms with Crippen LogP contribution in [0.2, 0.25) is 0 Å². The maximum absolute atomic E-state index is 14.0. The summed E-state index contributed by atoms with van der Waals surface area (Å²) in [6.07, 6.45) is 2.62. The van der Waals surface area contributed by atoms with Gasteiger partial charge < -0.3 is 18.9 Å². The predicted octanol–water partition coefficient (Wildman–Crippen LogP) is 6.93. The second kappa shape index (κ2) is 11.1. The zero-order chi connectivity index (χ0) is 23.8. The summed E-state index contributed by atoms with van der Waals surface area (Å²) in [6.45, 7) is 19.2. The second-order valence-corrected chi connectivity index (χ2v) is 9.10. The maximum atomic E-state index is 14.0. The summed E-state index contributed by atoms with van der Waals surface area (Å²) in [5.41, 5.74) is 2.57. The van der Waals surface area contributed by atoms with Crippen molar-refractivity contribution in [3.63, 3.8) is 0 Å². The molecule has 0 radical (unpaired) electrons. The van der Waals surface area contributed by atoms with Gasteiger partial charge >= 0.3 is 0 Å². The van der Waals surface area contributed by atoms with Gasteiger partial charge in [0.25, 0.3) is 0 Å². The summed E-state index contributed by atoms with van der Waals surface area (Å²) in [5, 5.41) is 0. The Morgan fingerprint density at radius 3 is 1.78 bits per heavy atom. The first-order chi connectivity index (χ1) is 15.1. The molecule has 0 aromatic heterocycles. The van der Waals surface area contributed by atoms with Crippen LogP contribution in [0, 0.1) is 11.2 Å². The maximum Gasteiger partial charge on any atom is 0.132 e. The van der Waals surface area contributed by atoms with Crippen LogP contribution in [0.25, 0.3) is 0 Å². The molecule has 0 aliphatic rings. The van der Waals surface area contributed by atoms with Gasteiger partial charge in [0.1, 0.15) is 43.7 Å². The van der Waals surface area contributed by atoms with Crippen molar-refractivity contribution in [1.29, 1.82) is 0 Å². The van der Waals surface area contributed by atoms with Crippen molar-refractivity contribution < 1.29 is 23.3 Å². The predicted molar refractivity (Wildman–Crippen MR) is 126 cm³/mol. The van der Waals surface area contributed by atoms with Gasteiger partial charge in [0.2, 0.25) is 0 Å². The van der Waals surface area contributed by atoms with E-state index in [1.54, 1.807) is 0 Å². The van der Waals surface area contributed by atoms with E-state index in [0.717, 1.165) is 5.75 Å². The Kier molecular flexibility index (Phi) is 8.76. The normalized spacial score (nSPS) is 11.6. The molecule has 0 atom stereocenters. The molecule has 0 aliphatic carbocycles. The first-order valence-electron chi connectivity index (χ1n) is 10.7. The Bertz CT molecular complexity index is 862. The van der Waals surface area contributed by atoms with Crippen molar-refractivity contribution >= 4 is 0 Å². The van der Waals surface area contributed by atoms with Crippen LogP contribution in [0.3, 0.4) is 0 Å². The number of benzene rings is 2. The highest BCUT2D eigenvalue weighted by Gasteiger charge is 2.34. The van der Waals surface area contributed by atoms with E-state index in [1.165, 1.54) is 30.2 Å². The lowest BCUT2D eigenvalue weighted by atomic mass is 9.65. The quantitative estimate of drug-likeness (QED) is 0.264. The average Bonchev–Trinajstić information content (AvgIpc) is 2.74. The van der Waals surface area contributed by atoms with Gasteiger partial charge in [0.05, 0.1) is 12.5 Å². The van der Waals surface area contributed by atoms with E-state index in [0.29, 0.717) is 23.5 Å². The molecular formula is C27H35FO4. The van der Waals surface area contributed by atoms with E-state index in [1.807, 2.05) is 12.1 Å². The molecule has 2 aromatic rings. The van der Waals surface area contributed by atoms with Crippen LogP contribution in [0.1, 0.15) is 51.3 Å². The monoisotopic (exact) mass is 442 g/mol. The zero-order valence-electron chi connectivity index (χ0n) is 19.9. The first-order valence-corrected chi connectivity index (χ1v) is 10.7. The topological polar surface area (TPSA) is 36.9 Å². The fourth-order valence-electron chi connectivity index (χ4n) is 3.11. The molecule has 0 fully saturated rings. The van der Waals surface area contributed by atoms with E-state index in [-0.39, 0.29) is 30.7 Å². The van der Waals surface area contributed by atoms with Gasteiger partial charge in [-0.15, -0.1) is 0 Å². The molecular weight excluding hydrogens is 407 g/mol. The Morgan fingerprint density at radius 1 is 0.812 bits per heavy atom. The summed E-state index contributed by atoms with van der Waals surface area (Å²) in [6, 6.07) is 10.9. The van der Waals surface area contributed by atoms with Crippen molar-refractivity contribution in [2.75, 3.05) is 13.2 Å². The van der Waals surface area contributed by atoms with Crippen LogP contribution in [-0.2, 0) is 28.1 Å². The highest BCUT2D eigenvalue weighted by Crippen LogP contribution is 2.41. The molecule has 4 nitrogen and oxygen atoms in total. The van der Waals surface area contributed by atoms with Crippen molar-refractivity contribution in [3.8, 4) is 11.5 Å². The van der Waals surface area contributed by atoms with Gasteiger partial charge in [0.15, 0.2) is 0 Å². The lowest BCUT2D eigenvalue weighted by Crippen LogP contribution is -2.33. The van der Waals surface area contributed by atoms with Gasteiger partial charge in [-0.25, -0.2) is 4.39 Å². The molecule has 2 aromatic carbocycles. The van der Waals surface area contributed by atoms with Crippen molar-refractivity contribution in [2.45, 2.75) is 53.2 Å². The van der Waals surface area contributed by atoms with Crippen molar-refractivity contribution in [1.82, 2.24) is 0 Å². The number of halogens is 1. The average molecular weight is 443 g/mol. The Labute approximate surface area is 191 Å². The molecule has 0 saturated heterocycles. The lowest BCUT2D eigenvalue weighted by Gasteiger charge is -2.39. The molecule has 5 heteroatoms. The molecule has 0 amide bonds. The molecule has 0 aliphatic heterocycles. The summed E-state index contributed by atoms with van der Waals surface area (Å²) in [4.78, 5) is 0. The lowest BCUT2D eigenvalue weighted by molar-refractivity contribution is 0.192. The standard InChI is InChI=1S/C27H35FO4/c1-8-29-18-20-16-23(28)17-21(19-30-9-2)25(20)32-15-14-31-24-12-10-22(11-13-24)27(6,7)26(3,4)5/h8-13,16-17H,1-2,14-15,18-19H2,3-7H3. The minimum atomic E-state index is -0.391. The molecule has 0 N–H and O–H groups in total. The van der Waals surface area contributed by atoms with Gasteiger partial charge in [-0.05, 0) is 40.7 Å². The molecule has 0 spiro atoms. The van der Waals surface area contributed by atoms with Gasteiger partial charge in [-0.2, -0.15) is 0 Å². The molecule has 0 heterocycles. The SMILES string of the molecule is C=COCc1cc(F)cc(COC=C)c1OCCOc1ccc(C(C)(C)C(C)(C)C)cc1. The summed E-state index contributed by atoms with van der Waals surface area (Å²) < 4.78 is 36.3. The molecule has 174 valence electrons. The van der Waals surface area contributed by atoms with Crippen molar-refractivity contribution in [2.24, 2.45) is 5.41 Å². The van der Waals surface area contributed by atoms with Crippen molar-refractivity contribution in [3.05, 3.63) is 84.6 Å². The number of hydrogen-bond donors (Lipinski definition) is 0. The fourth-order valence-corrected chi connectivity index (χ4v) is 3.11. The molecule has 2 rings (SSSR count). The third-order valence-corrected chi connectivity index (χ3v) is 5.97. The Morgan fingerprint density at radius 2 is 1.31 bits per heavy atom. The largest absolute Gasteiger partial charge is 0.497 e. The molecule has 0 bridgehead atoms. The third-order valence-electron chi connectivity index (χ3n) is 5.97. The molecule has 32 heavy (non-hydrogen) atoms. The summed E-state index contributed by atoms with van der Waals surface area (Å²) in [5.74, 6) is 0.893. The van der Waals surface area contributed by atoms with Gasteiger partial charge in [-0.1, -0.05) is 59.9 Å². The highest BCUT2D eigenvalue weighted by atomic mass is 19.1. The zero-order valence-corrected chi connectivity index (χ0v) is 19.9. The fraction of sp³-hybridized carbons (Fsp3) is 0.407.